The Morgan fingerprint density at radius 3 is 2.19 bits per heavy atom. The molecule has 1 aromatic carbocycles. The van der Waals surface area contributed by atoms with Crippen LogP contribution in [0, 0.1) is 18.8 Å². The van der Waals surface area contributed by atoms with Gasteiger partial charge in [0.1, 0.15) is 6.54 Å². The molecule has 2 saturated heterocycles. The molecular formula is C18H17N3O5. The third kappa shape index (κ3) is 2.18. The van der Waals surface area contributed by atoms with Crippen molar-refractivity contribution >= 4 is 29.5 Å². The summed E-state index contributed by atoms with van der Waals surface area (Å²) in [5.74, 6) is -3.05. The van der Waals surface area contributed by atoms with Gasteiger partial charge < -0.3 is 4.90 Å². The second-order valence-corrected chi connectivity index (χ2v) is 6.99. The highest BCUT2D eigenvalue weighted by molar-refractivity contribution is 6.22. The van der Waals surface area contributed by atoms with Crippen molar-refractivity contribution < 1.29 is 24.0 Å². The highest BCUT2D eigenvalue weighted by Crippen LogP contribution is 2.33. The van der Waals surface area contributed by atoms with Crippen molar-refractivity contribution in [3.63, 3.8) is 0 Å². The molecule has 5 amide bonds. The minimum atomic E-state index is -0.527. The zero-order valence-corrected chi connectivity index (χ0v) is 14.4. The Balaban J connectivity index is 1.49. The van der Waals surface area contributed by atoms with E-state index in [1.807, 2.05) is 6.92 Å². The Hall–Kier alpha value is -3.03. The predicted molar refractivity (Wildman–Crippen MR) is 87.9 cm³/mol. The average Bonchev–Trinajstić information content (AvgIpc) is 3.21. The fourth-order valence-corrected chi connectivity index (χ4v) is 3.90. The molecule has 2 fully saturated rings. The van der Waals surface area contributed by atoms with Crippen LogP contribution < -0.4 is 0 Å². The lowest BCUT2D eigenvalue weighted by Gasteiger charge is -2.21. The number of likely N-dealkylation sites (tertiary alicyclic amines) is 2. The maximum atomic E-state index is 12.6. The molecule has 134 valence electrons. The smallest absolute Gasteiger partial charge is 0.262 e. The van der Waals surface area contributed by atoms with Crippen LogP contribution >= 0.6 is 0 Å². The third-order valence-corrected chi connectivity index (χ3v) is 5.39. The highest BCUT2D eigenvalue weighted by atomic mass is 16.2. The SMILES string of the molecule is Cc1ccc2c(c1)C(=O)N(CC(=O)N1C[C@@H]3C(=O)N(C)C(=O)[C@@H]3C1)C2=O. The van der Waals surface area contributed by atoms with Crippen LogP contribution in [0.1, 0.15) is 26.3 Å². The van der Waals surface area contributed by atoms with Crippen LogP contribution in [0.15, 0.2) is 18.2 Å². The Morgan fingerprint density at radius 2 is 1.58 bits per heavy atom. The van der Waals surface area contributed by atoms with Crippen molar-refractivity contribution in [2.24, 2.45) is 11.8 Å². The fraction of sp³-hybridized carbons (Fsp3) is 0.389. The number of rotatable bonds is 2. The molecule has 3 heterocycles. The summed E-state index contributed by atoms with van der Waals surface area (Å²) in [7, 11) is 1.44. The molecule has 8 heteroatoms. The number of nitrogens with zero attached hydrogens (tertiary/aromatic N) is 3. The van der Waals surface area contributed by atoms with Gasteiger partial charge in [0.2, 0.25) is 17.7 Å². The van der Waals surface area contributed by atoms with Gasteiger partial charge in [-0.1, -0.05) is 11.6 Å². The Labute approximate surface area is 149 Å². The lowest BCUT2D eigenvalue weighted by molar-refractivity contribution is -0.139. The average molecular weight is 355 g/mol. The molecule has 0 aromatic heterocycles. The number of amides is 5. The van der Waals surface area contributed by atoms with E-state index in [1.165, 1.54) is 11.9 Å². The van der Waals surface area contributed by atoms with E-state index < -0.39 is 29.6 Å². The van der Waals surface area contributed by atoms with Crippen molar-refractivity contribution in [2.75, 3.05) is 26.7 Å². The van der Waals surface area contributed by atoms with Crippen molar-refractivity contribution in [3.8, 4) is 0 Å². The zero-order chi connectivity index (χ0) is 18.7. The number of fused-ring (bicyclic) bond motifs is 2. The number of carbonyl (C=O) groups excluding carboxylic acids is 5. The number of hydrogen-bond acceptors (Lipinski definition) is 5. The predicted octanol–water partition coefficient (Wildman–Crippen LogP) is -0.336. The van der Waals surface area contributed by atoms with Gasteiger partial charge in [0.05, 0.1) is 23.0 Å². The van der Waals surface area contributed by atoms with E-state index in [0.717, 1.165) is 15.4 Å². The van der Waals surface area contributed by atoms with Gasteiger partial charge >= 0.3 is 0 Å². The third-order valence-electron chi connectivity index (χ3n) is 5.39. The summed E-state index contributed by atoms with van der Waals surface area (Å²) in [5, 5.41) is 0. The Bertz CT molecular complexity index is 869. The van der Waals surface area contributed by atoms with E-state index >= 15 is 0 Å². The summed E-state index contributed by atoms with van der Waals surface area (Å²) in [6.07, 6.45) is 0. The van der Waals surface area contributed by atoms with Gasteiger partial charge in [0, 0.05) is 20.1 Å². The quantitative estimate of drug-likeness (QED) is 0.677. The second-order valence-electron chi connectivity index (χ2n) is 6.99. The van der Waals surface area contributed by atoms with Gasteiger partial charge in [-0.3, -0.25) is 33.8 Å². The molecule has 2 atom stereocenters. The molecule has 0 bridgehead atoms. The normalized spacial score (nSPS) is 24.6. The van der Waals surface area contributed by atoms with Gasteiger partial charge in [-0.25, -0.2) is 0 Å². The van der Waals surface area contributed by atoms with Gasteiger partial charge in [-0.2, -0.15) is 0 Å². The molecule has 26 heavy (non-hydrogen) atoms. The van der Waals surface area contributed by atoms with Crippen molar-refractivity contribution in [2.45, 2.75) is 6.92 Å². The van der Waals surface area contributed by atoms with E-state index in [-0.39, 0.29) is 31.4 Å². The van der Waals surface area contributed by atoms with Gasteiger partial charge in [-0.15, -0.1) is 0 Å². The lowest BCUT2D eigenvalue weighted by Crippen LogP contribution is -2.43. The van der Waals surface area contributed by atoms with E-state index in [2.05, 4.69) is 0 Å². The van der Waals surface area contributed by atoms with Gasteiger partial charge in [-0.05, 0) is 19.1 Å². The standard InChI is InChI=1S/C18H17N3O5/c1-9-3-4-10-11(5-9)18(26)21(17(10)25)8-14(22)20-6-12-13(7-20)16(24)19(2)15(12)23/h3-5,12-13H,6-8H2,1-2H3/t12-,13+. The topological polar surface area (TPSA) is 95.1 Å². The number of hydrogen-bond donors (Lipinski definition) is 0. The van der Waals surface area contributed by atoms with Crippen molar-refractivity contribution in [1.82, 2.24) is 14.7 Å². The summed E-state index contributed by atoms with van der Waals surface area (Å²) >= 11 is 0. The molecule has 0 saturated carbocycles. The molecule has 4 rings (SSSR count). The highest BCUT2D eigenvalue weighted by Gasteiger charge is 2.52. The maximum absolute atomic E-state index is 12.6. The minimum Gasteiger partial charge on any atom is -0.339 e. The largest absolute Gasteiger partial charge is 0.339 e. The lowest BCUT2D eigenvalue weighted by atomic mass is 10.00. The first-order chi connectivity index (χ1) is 12.3. The molecule has 3 aliphatic rings. The molecule has 8 nitrogen and oxygen atoms in total. The van der Waals surface area contributed by atoms with Crippen molar-refractivity contribution in [3.05, 3.63) is 34.9 Å². The number of carbonyl (C=O) groups is 5. The minimum absolute atomic E-state index is 0.140. The molecule has 0 spiro atoms. The van der Waals surface area contributed by atoms with Crippen LogP contribution in [0.25, 0.3) is 0 Å². The Kier molecular flexibility index (Phi) is 3.47. The first-order valence-electron chi connectivity index (χ1n) is 8.35. The van der Waals surface area contributed by atoms with Gasteiger partial charge in [0.15, 0.2) is 0 Å². The molecular weight excluding hydrogens is 338 g/mol. The molecule has 1 aromatic rings. The molecule has 0 N–H and O–H groups in total. The summed E-state index contributed by atoms with van der Waals surface area (Å²) < 4.78 is 0. The van der Waals surface area contributed by atoms with Gasteiger partial charge in [0.25, 0.3) is 11.8 Å². The van der Waals surface area contributed by atoms with Crippen LogP contribution in [-0.2, 0) is 14.4 Å². The first-order valence-corrected chi connectivity index (χ1v) is 8.35. The fourth-order valence-electron chi connectivity index (χ4n) is 3.90. The summed E-state index contributed by atoms with van der Waals surface area (Å²) in [6, 6.07) is 4.96. The number of aryl methyl sites for hydroxylation is 1. The Morgan fingerprint density at radius 1 is 1.00 bits per heavy atom. The first kappa shape index (κ1) is 16.4. The molecule has 0 unspecified atom stereocenters. The van der Waals surface area contributed by atoms with Crippen LogP contribution in [0.2, 0.25) is 0 Å². The number of benzene rings is 1. The summed E-state index contributed by atoms with van der Waals surface area (Å²) in [5.41, 5.74) is 1.44. The van der Waals surface area contributed by atoms with Crippen LogP contribution in [0.3, 0.4) is 0 Å². The van der Waals surface area contributed by atoms with Crippen molar-refractivity contribution in [1.29, 1.82) is 0 Å². The molecule has 0 aliphatic carbocycles. The van der Waals surface area contributed by atoms with Crippen LogP contribution in [-0.4, -0.2) is 70.9 Å². The van der Waals surface area contributed by atoms with E-state index in [4.69, 9.17) is 0 Å². The second kappa shape index (κ2) is 5.48. The van der Waals surface area contributed by atoms with E-state index in [9.17, 15) is 24.0 Å². The monoisotopic (exact) mass is 355 g/mol. The van der Waals surface area contributed by atoms with Crippen LogP contribution in [0.5, 0.6) is 0 Å². The number of imide groups is 2. The summed E-state index contributed by atoms with van der Waals surface area (Å²) in [4.78, 5) is 65.0. The summed E-state index contributed by atoms with van der Waals surface area (Å²) in [6.45, 7) is 1.71. The van der Waals surface area contributed by atoms with E-state index in [1.54, 1.807) is 18.2 Å². The van der Waals surface area contributed by atoms with E-state index in [0.29, 0.717) is 11.1 Å². The zero-order valence-electron chi connectivity index (χ0n) is 14.4. The van der Waals surface area contributed by atoms with Crippen LogP contribution in [0.4, 0.5) is 0 Å². The molecule has 3 aliphatic heterocycles. The maximum Gasteiger partial charge on any atom is 0.262 e. The molecule has 0 radical (unpaired) electrons.